The molecule has 6 heteroatoms. The van der Waals surface area contributed by atoms with E-state index in [1.54, 1.807) is 0 Å². The van der Waals surface area contributed by atoms with Gasteiger partial charge < -0.3 is 5.32 Å². The molecule has 0 heterocycles. The zero-order valence-electron chi connectivity index (χ0n) is 11.1. The maximum Gasteiger partial charge on any atom is 0.391 e. The van der Waals surface area contributed by atoms with Crippen LogP contribution in [-0.4, -0.2) is 23.5 Å². The van der Waals surface area contributed by atoms with E-state index in [1.807, 2.05) is 6.92 Å². The van der Waals surface area contributed by atoms with Crippen LogP contribution in [0.2, 0.25) is 0 Å². The van der Waals surface area contributed by atoms with E-state index in [4.69, 9.17) is 0 Å². The molecule has 0 saturated heterocycles. The van der Waals surface area contributed by atoms with Crippen molar-refractivity contribution < 1.29 is 18.0 Å². The Morgan fingerprint density at radius 3 is 2.63 bits per heavy atom. The molecule has 0 aromatic heterocycles. The van der Waals surface area contributed by atoms with E-state index < -0.39 is 18.0 Å². The summed E-state index contributed by atoms with van der Waals surface area (Å²) in [6.07, 6.45) is -1.41. The predicted molar refractivity (Wildman–Crippen MR) is 72.1 cm³/mol. The molecule has 2 nitrogen and oxygen atoms in total. The van der Waals surface area contributed by atoms with Gasteiger partial charge in [-0.3, -0.25) is 4.79 Å². The third kappa shape index (κ3) is 5.32. The Balaban J connectivity index is 2.52. The minimum atomic E-state index is -4.17. The normalized spacial score (nSPS) is 25.9. The minimum Gasteiger partial charge on any atom is -0.353 e. The fourth-order valence-electron chi connectivity index (χ4n) is 2.55. The summed E-state index contributed by atoms with van der Waals surface area (Å²) < 4.78 is 38.1. The lowest BCUT2D eigenvalue weighted by atomic mass is 9.80. The first-order valence-corrected chi connectivity index (χ1v) is 7.93. The second-order valence-corrected chi connectivity index (χ2v) is 5.99. The van der Waals surface area contributed by atoms with Gasteiger partial charge in [0.2, 0.25) is 5.91 Å². The van der Waals surface area contributed by atoms with Gasteiger partial charge in [-0.05, 0) is 32.1 Å². The van der Waals surface area contributed by atoms with Crippen molar-refractivity contribution in [2.24, 2.45) is 11.8 Å². The molecular formula is C13H21BrF3NO. The van der Waals surface area contributed by atoms with Gasteiger partial charge >= 0.3 is 6.18 Å². The number of hydrogen-bond donors (Lipinski definition) is 1. The zero-order valence-corrected chi connectivity index (χ0v) is 12.7. The quantitative estimate of drug-likeness (QED) is 0.750. The summed E-state index contributed by atoms with van der Waals surface area (Å²) in [6.45, 7) is 1.97. The molecule has 0 aromatic carbocycles. The first-order chi connectivity index (χ1) is 8.88. The van der Waals surface area contributed by atoms with Gasteiger partial charge in [0.25, 0.3) is 0 Å². The number of rotatable bonds is 5. The van der Waals surface area contributed by atoms with E-state index in [1.165, 1.54) is 0 Å². The van der Waals surface area contributed by atoms with Crippen LogP contribution in [0.15, 0.2) is 0 Å². The van der Waals surface area contributed by atoms with E-state index >= 15 is 0 Å². The molecule has 1 rings (SSSR count). The molecule has 112 valence electrons. The fourth-order valence-corrected chi connectivity index (χ4v) is 3.11. The molecular weight excluding hydrogens is 323 g/mol. The van der Waals surface area contributed by atoms with Crippen LogP contribution in [0.5, 0.6) is 0 Å². The van der Waals surface area contributed by atoms with Crippen molar-refractivity contribution in [2.75, 3.05) is 5.33 Å². The maximum absolute atomic E-state index is 12.7. The molecule has 3 unspecified atom stereocenters. The van der Waals surface area contributed by atoms with Gasteiger partial charge in [-0.25, -0.2) is 0 Å². The molecule has 1 amide bonds. The highest BCUT2D eigenvalue weighted by Gasteiger charge is 2.43. The summed E-state index contributed by atoms with van der Waals surface area (Å²) in [5.41, 5.74) is 0. The third-order valence-corrected chi connectivity index (χ3v) is 4.26. The number of alkyl halides is 4. The molecule has 3 atom stereocenters. The number of halogens is 4. The van der Waals surface area contributed by atoms with Crippen molar-refractivity contribution in [3.63, 3.8) is 0 Å². The standard InChI is InChI=1S/C13H21BrF3NO/c1-2-11(6-7-14)18-12(19)9-4-3-5-10(8-9)13(15,16)17/h9-11H,2-8H2,1H3,(H,18,19). The summed E-state index contributed by atoms with van der Waals surface area (Å²) in [6, 6.07) is 0.0538. The van der Waals surface area contributed by atoms with E-state index in [9.17, 15) is 18.0 Å². The zero-order chi connectivity index (χ0) is 14.5. The second-order valence-electron chi connectivity index (χ2n) is 5.19. The average molecular weight is 344 g/mol. The summed E-state index contributed by atoms with van der Waals surface area (Å²) in [4.78, 5) is 12.0. The van der Waals surface area contributed by atoms with Crippen LogP contribution < -0.4 is 5.32 Å². The topological polar surface area (TPSA) is 29.1 Å². The molecule has 19 heavy (non-hydrogen) atoms. The number of carbonyl (C=O) groups is 1. The van der Waals surface area contributed by atoms with E-state index in [2.05, 4.69) is 21.2 Å². The molecule has 0 aromatic rings. The smallest absolute Gasteiger partial charge is 0.353 e. The van der Waals surface area contributed by atoms with Gasteiger partial charge in [-0.15, -0.1) is 0 Å². The number of nitrogens with one attached hydrogen (secondary N) is 1. The summed E-state index contributed by atoms with van der Waals surface area (Å²) in [5, 5.41) is 3.65. The number of amides is 1. The highest BCUT2D eigenvalue weighted by Crippen LogP contribution is 2.39. The van der Waals surface area contributed by atoms with Crippen LogP contribution in [0.1, 0.15) is 45.4 Å². The Morgan fingerprint density at radius 2 is 2.11 bits per heavy atom. The summed E-state index contributed by atoms with van der Waals surface area (Å²) in [5.74, 6) is -2.00. The Hall–Kier alpha value is -0.260. The van der Waals surface area contributed by atoms with Crippen molar-refractivity contribution >= 4 is 21.8 Å². The van der Waals surface area contributed by atoms with Crippen molar-refractivity contribution in [2.45, 2.75) is 57.7 Å². The second kappa shape index (κ2) is 7.50. The molecule has 1 saturated carbocycles. The lowest BCUT2D eigenvalue weighted by Crippen LogP contribution is -2.42. The maximum atomic E-state index is 12.7. The minimum absolute atomic E-state index is 0.0538. The molecule has 0 radical (unpaired) electrons. The molecule has 1 aliphatic carbocycles. The van der Waals surface area contributed by atoms with Crippen LogP contribution in [-0.2, 0) is 4.79 Å². The van der Waals surface area contributed by atoms with Crippen molar-refractivity contribution in [3.8, 4) is 0 Å². The van der Waals surface area contributed by atoms with Gasteiger partial charge in [0.1, 0.15) is 0 Å². The van der Waals surface area contributed by atoms with Gasteiger partial charge in [0.05, 0.1) is 5.92 Å². The first kappa shape index (κ1) is 16.8. The molecule has 1 fully saturated rings. The Kier molecular flexibility index (Phi) is 6.63. The summed E-state index contributed by atoms with van der Waals surface area (Å²) in [7, 11) is 0. The van der Waals surface area contributed by atoms with Gasteiger partial charge in [0.15, 0.2) is 0 Å². The van der Waals surface area contributed by atoms with Crippen LogP contribution >= 0.6 is 15.9 Å². The van der Waals surface area contributed by atoms with Crippen LogP contribution in [0.25, 0.3) is 0 Å². The summed E-state index contributed by atoms with van der Waals surface area (Å²) >= 11 is 3.31. The van der Waals surface area contributed by atoms with E-state index in [-0.39, 0.29) is 24.8 Å². The van der Waals surface area contributed by atoms with E-state index in [0.29, 0.717) is 12.8 Å². The van der Waals surface area contributed by atoms with Crippen LogP contribution in [0, 0.1) is 11.8 Å². The Bertz CT molecular complexity index is 296. The third-order valence-electron chi connectivity index (χ3n) is 3.80. The predicted octanol–water partition coefficient (Wildman–Crippen LogP) is 4.03. The first-order valence-electron chi connectivity index (χ1n) is 6.81. The molecule has 0 spiro atoms. The van der Waals surface area contributed by atoms with Crippen LogP contribution in [0.3, 0.4) is 0 Å². The highest BCUT2D eigenvalue weighted by atomic mass is 79.9. The monoisotopic (exact) mass is 343 g/mol. The van der Waals surface area contributed by atoms with Gasteiger partial charge in [0, 0.05) is 17.3 Å². The number of carbonyl (C=O) groups excluding carboxylic acids is 1. The molecule has 0 bridgehead atoms. The lowest BCUT2D eigenvalue weighted by molar-refractivity contribution is -0.186. The average Bonchev–Trinajstić information content (AvgIpc) is 2.37. The highest BCUT2D eigenvalue weighted by molar-refractivity contribution is 9.09. The fraction of sp³-hybridized carbons (Fsp3) is 0.923. The molecule has 1 N–H and O–H groups in total. The Morgan fingerprint density at radius 1 is 1.42 bits per heavy atom. The SMILES string of the molecule is CCC(CCBr)NC(=O)C1CCCC(C(F)(F)F)C1. The van der Waals surface area contributed by atoms with Crippen molar-refractivity contribution in [1.82, 2.24) is 5.32 Å². The largest absolute Gasteiger partial charge is 0.391 e. The number of hydrogen-bond acceptors (Lipinski definition) is 1. The van der Waals surface area contributed by atoms with Crippen LogP contribution in [0.4, 0.5) is 13.2 Å². The van der Waals surface area contributed by atoms with E-state index in [0.717, 1.165) is 18.2 Å². The van der Waals surface area contributed by atoms with Crippen molar-refractivity contribution in [1.29, 1.82) is 0 Å². The van der Waals surface area contributed by atoms with Gasteiger partial charge in [-0.2, -0.15) is 13.2 Å². The van der Waals surface area contributed by atoms with Crippen molar-refractivity contribution in [3.05, 3.63) is 0 Å². The molecule has 0 aliphatic heterocycles. The molecule has 1 aliphatic rings. The van der Waals surface area contributed by atoms with Gasteiger partial charge in [-0.1, -0.05) is 29.3 Å². The Labute approximate surface area is 120 Å². The lowest BCUT2D eigenvalue weighted by Gasteiger charge is -2.30.